The fourth-order valence-electron chi connectivity index (χ4n) is 4.68. The first kappa shape index (κ1) is 14.7. The minimum Gasteiger partial charge on any atom is -0.257 e. The maximum atomic E-state index is 5.20. The Labute approximate surface area is 139 Å². The van der Waals surface area contributed by atoms with Crippen LogP contribution in [0.5, 0.6) is 0 Å². The summed E-state index contributed by atoms with van der Waals surface area (Å²) in [5.74, 6) is 0.801. The molecule has 2 aliphatic rings. The number of para-hydroxylation sites is 1. The Morgan fingerprint density at radius 3 is 2.26 bits per heavy atom. The summed E-state index contributed by atoms with van der Waals surface area (Å²) in [6.07, 6.45) is 3.83. The molecule has 118 valence electrons. The summed E-state index contributed by atoms with van der Waals surface area (Å²) >= 11 is 0. The minimum absolute atomic E-state index is 0.265. The zero-order chi connectivity index (χ0) is 16.1. The molecule has 2 atom stereocenters. The highest BCUT2D eigenvalue weighted by molar-refractivity contribution is 5.97. The monoisotopic (exact) mass is 303 g/mol. The van der Waals surface area contributed by atoms with Gasteiger partial charge < -0.3 is 0 Å². The van der Waals surface area contributed by atoms with E-state index in [1.807, 2.05) is 0 Å². The second-order valence-corrected chi connectivity index (χ2v) is 7.94. The second kappa shape index (κ2) is 5.06. The zero-order valence-corrected chi connectivity index (χ0v) is 14.3. The van der Waals surface area contributed by atoms with E-state index in [9.17, 15) is 0 Å². The van der Waals surface area contributed by atoms with E-state index in [1.54, 1.807) is 0 Å². The fraction of sp³-hybridized carbons (Fsp3) is 0.409. The number of nitrogens with zero attached hydrogens (tertiary/aromatic N) is 1. The molecule has 0 heterocycles. The largest absolute Gasteiger partial charge is 0.257 e. The lowest BCUT2D eigenvalue weighted by atomic mass is 9.70. The number of rotatable bonds is 2. The zero-order valence-electron chi connectivity index (χ0n) is 14.3. The third-order valence-corrected chi connectivity index (χ3v) is 6.76. The first-order chi connectivity index (χ1) is 11.0. The van der Waals surface area contributed by atoms with Gasteiger partial charge in [-0.2, -0.15) is 0 Å². The average molecular weight is 303 g/mol. The molecule has 0 amide bonds. The number of hydrogen-bond donors (Lipinski definition) is 0. The highest BCUT2D eigenvalue weighted by Gasteiger charge is 2.59. The lowest BCUT2D eigenvalue weighted by molar-refractivity contribution is 0.194. The van der Waals surface area contributed by atoms with E-state index in [-0.39, 0.29) is 5.41 Å². The molecule has 0 unspecified atom stereocenters. The third-order valence-electron chi connectivity index (χ3n) is 6.76. The molecule has 2 aromatic carbocycles. The number of benzene rings is 2. The topological polar surface area (TPSA) is 12.4 Å². The number of fused-ring (bicyclic) bond motifs is 2. The van der Waals surface area contributed by atoms with Crippen molar-refractivity contribution in [3.63, 3.8) is 0 Å². The van der Waals surface area contributed by atoms with Crippen molar-refractivity contribution in [2.45, 2.75) is 40.0 Å². The van der Waals surface area contributed by atoms with Crippen molar-refractivity contribution in [3.05, 3.63) is 54.6 Å². The Kier molecular flexibility index (Phi) is 3.23. The SMILES string of the molecule is CC1(C)[C@@H]2CC[C@@]1(C)C(=Nc1ccccc1-c1ccccc1)C2. The molecule has 0 N–H and O–H groups in total. The van der Waals surface area contributed by atoms with E-state index < -0.39 is 0 Å². The molecule has 0 radical (unpaired) electrons. The van der Waals surface area contributed by atoms with Gasteiger partial charge >= 0.3 is 0 Å². The molecule has 0 spiro atoms. The van der Waals surface area contributed by atoms with Gasteiger partial charge in [0.25, 0.3) is 0 Å². The quantitative estimate of drug-likeness (QED) is 0.619. The maximum Gasteiger partial charge on any atom is 0.0707 e. The normalized spacial score (nSPS) is 30.0. The Hall–Kier alpha value is -1.89. The molecule has 0 aliphatic heterocycles. The van der Waals surface area contributed by atoms with E-state index in [2.05, 4.69) is 75.4 Å². The van der Waals surface area contributed by atoms with Gasteiger partial charge in [0.05, 0.1) is 5.69 Å². The summed E-state index contributed by atoms with van der Waals surface area (Å²) in [7, 11) is 0. The van der Waals surface area contributed by atoms with Crippen molar-refractivity contribution < 1.29 is 0 Å². The van der Waals surface area contributed by atoms with Gasteiger partial charge in [0, 0.05) is 16.7 Å². The second-order valence-electron chi connectivity index (χ2n) is 7.94. The third kappa shape index (κ3) is 2.09. The summed E-state index contributed by atoms with van der Waals surface area (Å²) in [4.78, 5) is 5.20. The van der Waals surface area contributed by atoms with Crippen LogP contribution in [-0.4, -0.2) is 5.71 Å². The molecule has 0 saturated heterocycles. The van der Waals surface area contributed by atoms with Crippen molar-refractivity contribution in [2.24, 2.45) is 21.7 Å². The molecule has 0 aromatic heterocycles. The fourth-order valence-corrected chi connectivity index (χ4v) is 4.68. The summed E-state index contributed by atoms with van der Waals surface area (Å²) < 4.78 is 0. The van der Waals surface area contributed by atoms with E-state index >= 15 is 0 Å². The van der Waals surface area contributed by atoms with Crippen LogP contribution in [0.25, 0.3) is 11.1 Å². The number of aliphatic imine (C=N–C) groups is 1. The molecule has 2 aliphatic carbocycles. The standard InChI is InChI=1S/C22H25N/c1-21(2)17-13-14-22(21,3)20(15-17)23-19-12-8-7-11-18(19)16-9-5-4-6-10-16/h4-12,17H,13-15H2,1-3H3/t17-,22+/m1/s1. The molecule has 2 bridgehead atoms. The van der Waals surface area contributed by atoms with Gasteiger partial charge in [0.1, 0.15) is 0 Å². The van der Waals surface area contributed by atoms with Crippen LogP contribution in [-0.2, 0) is 0 Å². The van der Waals surface area contributed by atoms with Crippen LogP contribution < -0.4 is 0 Å². The lowest BCUT2D eigenvalue weighted by Crippen LogP contribution is -2.32. The van der Waals surface area contributed by atoms with E-state index in [0.717, 1.165) is 11.6 Å². The number of hydrogen-bond acceptors (Lipinski definition) is 1. The lowest BCUT2D eigenvalue weighted by Gasteiger charge is -2.34. The Morgan fingerprint density at radius 1 is 0.913 bits per heavy atom. The first-order valence-electron chi connectivity index (χ1n) is 8.75. The van der Waals surface area contributed by atoms with Gasteiger partial charge in [-0.15, -0.1) is 0 Å². The molecule has 2 fully saturated rings. The summed E-state index contributed by atoms with van der Waals surface area (Å²) in [6.45, 7) is 7.32. The van der Waals surface area contributed by atoms with E-state index in [4.69, 9.17) is 4.99 Å². The van der Waals surface area contributed by atoms with Crippen LogP contribution in [0, 0.1) is 16.7 Å². The van der Waals surface area contributed by atoms with Gasteiger partial charge in [-0.3, -0.25) is 4.99 Å². The molecule has 2 saturated carbocycles. The minimum atomic E-state index is 0.265. The van der Waals surface area contributed by atoms with E-state index in [1.165, 1.54) is 36.1 Å². The average Bonchev–Trinajstić information content (AvgIpc) is 2.90. The van der Waals surface area contributed by atoms with Gasteiger partial charge in [0.15, 0.2) is 0 Å². The Morgan fingerprint density at radius 2 is 1.61 bits per heavy atom. The summed E-state index contributed by atoms with van der Waals surface area (Å²) in [6, 6.07) is 19.2. The van der Waals surface area contributed by atoms with Crippen molar-refractivity contribution in [3.8, 4) is 11.1 Å². The van der Waals surface area contributed by atoms with Crippen molar-refractivity contribution in [1.29, 1.82) is 0 Å². The van der Waals surface area contributed by atoms with E-state index in [0.29, 0.717) is 5.41 Å². The summed E-state index contributed by atoms with van der Waals surface area (Å²) in [5.41, 5.74) is 5.68. The van der Waals surface area contributed by atoms with Crippen molar-refractivity contribution in [2.75, 3.05) is 0 Å². The molecule has 1 nitrogen and oxygen atoms in total. The van der Waals surface area contributed by atoms with Gasteiger partial charge in [-0.1, -0.05) is 69.3 Å². The van der Waals surface area contributed by atoms with Crippen LogP contribution in [0.4, 0.5) is 5.69 Å². The predicted molar refractivity (Wildman–Crippen MR) is 98.2 cm³/mol. The van der Waals surface area contributed by atoms with Gasteiger partial charge in [-0.25, -0.2) is 0 Å². The van der Waals surface area contributed by atoms with Crippen molar-refractivity contribution >= 4 is 11.4 Å². The Bertz CT molecular complexity index is 757. The van der Waals surface area contributed by atoms with Gasteiger partial charge in [-0.05, 0) is 42.2 Å². The Balaban J connectivity index is 1.80. The highest BCUT2D eigenvalue weighted by Crippen LogP contribution is 2.64. The molecule has 1 heteroatoms. The van der Waals surface area contributed by atoms with Crippen LogP contribution in [0.15, 0.2) is 59.6 Å². The summed E-state index contributed by atoms with van der Waals surface area (Å²) in [5, 5.41) is 0. The van der Waals surface area contributed by atoms with Crippen LogP contribution >= 0.6 is 0 Å². The van der Waals surface area contributed by atoms with Crippen LogP contribution in [0.1, 0.15) is 40.0 Å². The molecule has 4 rings (SSSR count). The predicted octanol–water partition coefficient (Wildman–Crippen LogP) is 6.27. The van der Waals surface area contributed by atoms with Crippen LogP contribution in [0.3, 0.4) is 0 Å². The molecule has 23 heavy (non-hydrogen) atoms. The smallest absolute Gasteiger partial charge is 0.0707 e. The molecular weight excluding hydrogens is 278 g/mol. The first-order valence-corrected chi connectivity index (χ1v) is 8.75. The van der Waals surface area contributed by atoms with Crippen LogP contribution in [0.2, 0.25) is 0 Å². The highest BCUT2D eigenvalue weighted by atomic mass is 14.8. The maximum absolute atomic E-state index is 5.20. The molecule has 2 aromatic rings. The van der Waals surface area contributed by atoms with Gasteiger partial charge in [0.2, 0.25) is 0 Å². The van der Waals surface area contributed by atoms with Crippen molar-refractivity contribution in [1.82, 2.24) is 0 Å². The molecular formula is C22H25N.